The Kier molecular flexibility index (Phi) is 3.90. The summed E-state index contributed by atoms with van der Waals surface area (Å²) in [6, 6.07) is 5.40. The van der Waals surface area contributed by atoms with Crippen molar-refractivity contribution >= 4 is 27.5 Å². The molecule has 0 amide bonds. The van der Waals surface area contributed by atoms with Gasteiger partial charge in [0.25, 0.3) is 0 Å². The Morgan fingerprint density at radius 2 is 2.25 bits per heavy atom. The highest BCUT2D eigenvalue weighted by Gasteiger charge is 2.17. The number of aliphatic hydroxyl groups is 1. The first-order valence-electron chi connectivity index (χ1n) is 5.14. The number of allylic oxidation sites excluding steroid dienone is 1. The third kappa shape index (κ3) is 2.59. The van der Waals surface area contributed by atoms with Gasteiger partial charge >= 0.3 is 0 Å². The Morgan fingerprint density at radius 1 is 1.44 bits per heavy atom. The molecule has 4 heteroatoms. The Hall–Kier alpha value is -0.510. The van der Waals surface area contributed by atoms with Crippen molar-refractivity contribution in [2.45, 2.75) is 18.9 Å². The van der Waals surface area contributed by atoms with Crippen LogP contribution in [0.3, 0.4) is 0 Å². The van der Waals surface area contributed by atoms with Crippen LogP contribution in [0.15, 0.2) is 34.5 Å². The molecule has 86 valence electrons. The second-order valence-corrected chi connectivity index (χ2v) is 4.93. The summed E-state index contributed by atoms with van der Waals surface area (Å²) in [5.74, 6) is 0.629. The van der Waals surface area contributed by atoms with Crippen molar-refractivity contribution in [3.63, 3.8) is 0 Å². The molecule has 16 heavy (non-hydrogen) atoms. The minimum Gasteiger partial charge on any atom is -0.495 e. The van der Waals surface area contributed by atoms with E-state index in [4.69, 9.17) is 16.3 Å². The first-order valence-corrected chi connectivity index (χ1v) is 6.31. The van der Waals surface area contributed by atoms with Crippen LogP contribution in [0.25, 0.3) is 0 Å². The lowest BCUT2D eigenvalue weighted by Gasteiger charge is -2.20. The molecule has 0 spiro atoms. The molecular weight excluding hydrogens is 291 g/mol. The van der Waals surface area contributed by atoms with Crippen LogP contribution < -0.4 is 0 Å². The molecule has 1 aromatic carbocycles. The molecule has 0 saturated carbocycles. The smallest absolute Gasteiger partial charge is 0.136 e. The van der Waals surface area contributed by atoms with Crippen LogP contribution in [0.5, 0.6) is 0 Å². The van der Waals surface area contributed by atoms with Gasteiger partial charge in [0.15, 0.2) is 0 Å². The number of hydrogen-bond donors (Lipinski definition) is 1. The van der Waals surface area contributed by atoms with Crippen LogP contribution in [0, 0.1) is 0 Å². The molecule has 1 aromatic rings. The van der Waals surface area contributed by atoms with Gasteiger partial charge in [-0.1, -0.05) is 17.7 Å². The van der Waals surface area contributed by atoms with Crippen molar-refractivity contribution in [1.29, 1.82) is 0 Å². The molecule has 0 fully saturated rings. The molecule has 1 unspecified atom stereocenters. The van der Waals surface area contributed by atoms with E-state index in [1.165, 1.54) is 0 Å². The van der Waals surface area contributed by atoms with Gasteiger partial charge in [0.2, 0.25) is 0 Å². The first-order chi connectivity index (χ1) is 7.68. The number of aliphatic hydroxyl groups excluding tert-OH is 1. The van der Waals surface area contributed by atoms with Gasteiger partial charge in [-0.05, 0) is 52.5 Å². The molecule has 0 aliphatic carbocycles. The van der Waals surface area contributed by atoms with E-state index >= 15 is 0 Å². The maximum atomic E-state index is 10.1. The van der Waals surface area contributed by atoms with E-state index in [1.54, 1.807) is 6.07 Å². The fourth-order valence-corrected chi connectivity index (χ4v) is 2.05. The average molecular weight is 304 g/mol. The first kappa shape index (κ1) is 12.0. The summed E-state index contributed by atoms with van der Waals surface area (Å²) in [4.78, 5) is 0. The van der Waals surface area contributed by atoms with Gasteiger partial charge < -0.3 is 9.84 Å². The van der Waals surface area contributed by atoms with E-state index in [1.807, 2.05) is 18.2 Å². The largest absolute Gasteiger partial charge is 0.495 e. The van der Waals surface area contributed by atoms with Gasteiger partial charge in [-0.25, -0.2) is 0 Å². The topological polar surface area (TPSA) is 29.5 Å². The minimum absolute atomic E-state index is 0.591. The van der Waals surface area contributed by atoms with Crippen molar-refractivity contribution in [1.82, 2.24) is 0 Å². The van der Waals surface area contributed by atoms with Gasteiger partial charge in [-0.2, -0.15) is 0 Å². The van der Waals surface area contributed by atoms with E-state index in [0.29, 0.717) is 17.4 Å². The Balaban J connectivity index is 2.22. The lowest BCUT2D eigenvalue weighted by Crippen LogP contribution is -2.09. The van der Waals surface area contributed by atoms with Crippen LogP contribution in [0.2, 0.25) is 5.02 Å². The molecule has 1 aliphatic heterocycles. The van der Waals surface area contributed by atoms with E-state index in [9.17, 15) is 5.11 Å². The van der Waals surface area contributed by atoms with E-state index in [0.717, 1.165) is 22.9 Å². The molecule has 1 atom stereocenters. The van der Waals surface area contributed by atoms with Gasteiger partial charge in [-0.3, -0.25) is 0 Å². The number of rotatable bonds is 2. The molecule has 2 nitrogen and oxygen atoms in total. The summed E-state index contributed by atoms with van der Waals surface area (Å²) in [6.45, 7) is 0.674. The van der Waals surface area contributed by atoms with Crippen LogP contribution in [0.1, 0.15) is 24.5 Å². The standard InChI is InChI=1S/C12H12BrClO2/c13-9-5-4-8(7-10(9)14)12(15)11-3-1-2-6-16-11/h3-5,7,12,15H,1-2,6H2. The van der Waals surface area contributed by atoms with Crippen LogP contribution >= 0.6 is 27.5 Å². The Labute approximate surface area is 108 Å². The second-order valence-electron chi connectivity index (χ2n) is 3.67. The second kappa shape index (κ2) is 5.21. The summed E-state index contributed by atoms with van der Waals surface area (Å²) >= 11 is 9.29. The SMILES string of the molecule is OC(C1=CCCCO1)c1ccc(Br)c(Cl)c1. The molecule has 0 saturated heterocycles. The van der Waals surface area contributed by atoms with Gasteiger partial charge in [0, 0.05) is 4.47 Å². The lowest BCUT2D eigenvalue weighted by atomic mass is 10.1. The van der Waals surface area contributed by atoms with Crippen LogP contribution in [-0.2, 0) is 4.74 Å². The molecular formula is C12H12BrClO2. The predicted molar refractivity (Wildman–Crippen MR) is 67.4 cm³/mol. The van der Waals surface area contributed by atoms with E-state index < -0.39 is 6.10 Å². The Bertz CT molecular complexity index is 417. The van der Waals surface area contributed by atoms with Gasteiger partial charge in [-0.15, -0.1) is 0 Å². The van der Waals surface area contributed by atoms with Gasteiger partial charge in [0.05, 0.1) is 11.6 Å². The zero-order chi connectivity index (χ0) is 11.5. The average Bonchev–Trinajstić information content (AvgIpc) is 2.33. The summed E-state index contributed by atoms with van der Waals surface area (Å²) in [5, 5.41) is 10.7. The fraction of sp³-hybridized carbons (Fsp3) is 0.333. The summed E-state index contributed by atoms with van der Waals surface area (Å²) in [6.07, 6.45) is 3.18. The van der Waals surface area contributed by atoms with Crippen molar-refractivity contribution < 1.29 is 9.84 Å². The maximum absolute atomic E-state index is 10.1. The van der Waals surface area contributed by atoms with Crippen LogP contribution in [0.4, 0.5) is 0 Å². The third-order valence-corrected chi connectivity index (χ3v) is 3.72. The minimum atomic E-state index is -0.717. The zero-order valence-electron chi connectivity index (χ0n) is 8.62. The number of benzene rings is 1. The van der Waals surface area contributed by atoms with Gasteiger partial charge in [0.1, 0.15) is 11.9 Å². The summed E-state index contributed by atoms with van der Waals surface area (Å²) < 4.78 is 6.24. The van der Waals surface area contributed by atoms with Crippen molar-refractivity contribution in [3.05, 3.63) is 45.1 Å². The lowest BCUT2D eigenvalue weighted by molar-refractivity contribution is 0.0918. The van der Waals surface area contributed by atoms with Crippen molar-refractivity contribution in [2.24, 2.45) is 0 Å². The summed E-state index contributed by atoms with van der Waals surface area (Å²) in [5.41, 5.74) is 0.751. The number of hydrogen-bond acceptors (Lipinski definition) is 2. The quantitative estimate of drug-likeness (QED) is 0.900. The predicted octanol–water partition coefficient (Wildman–Crippen LogP) is 3.83. The highest BCUT2D eigenvalue weighted by molar-refractivity contribution is 9.10. The van der Waals surface area contributed by atoms with Crippen molar-refractivity contribution in [3.8, 4) is 0 Å². The third-order valence-electron chi connectivity index (χ3n) is 2.49. The molecule has 2 rings (SSSR count). The Morgan fingerprint density at radius 3 is 2.88 bits per heavy atom. The number of ether oxygens (including phenoxy) is 1. The van der Waals surface area contributed by atoms with Crippen LogP contribution in [-0.4, -0.2) is 11.7 Å². The molecule has 0 bridgehead atoms. The highest BCUT2D eigenvalue weighted by Crippen LogP contribution is 2.30. The monoisotopic (exact) mass is 302 g/mol. The molecule has 1 heterocycles. The van der Waals surface area contributed by atoms with E-state index in [-0.39, 0.29) is 0 Å². The van der Waals surface area contributed by atoms with Crippen molar-refractivity contribution in [2.75, 3.05) is 6.61 Å². The van der Waals surface area contributed by atoms with E-state index in [2.05, 4.69) is 15.9 Å². The fourth-order valence-electron chi connectivity index (χ4n) is 1.61. The molecule has 0 radical (unpaired) electrons. The summed E-state index contributed by atoms with van der Waals surface area (Å²) in [7, 11) is 0. The molecule has 1 N–H and O–H groups in total. The maximum Gasteiger partial charge on any atom is 0.136 e. The zero-order valence-corrected chi connectivity index (χ0v) is 11.0. The molecule has 1 aliphatic rings. The normalized spacial score (nSPS) is 17.6. The molecule has 0 aromatic heterocycles. The number of halogens is 2. The highest BCUT2D eigenvalue weighted by atomic mass is 79.9.